The molecular weight excluding hydrogens is 204 g/mol. The molecule has 0 radical (unpaired) electrons. The summed E-state index contributed by atoms with van der Waals surface area (Å²) in [5.74, 6) is 0.725. The van der Waals surface area contributed by atoms with E-state index in [1.165, 1.54) is 6.42 Å². The van der Waals surface area contributed by atoms with Gasteiger partial charge in [0.1, 0.15) is 0 Å². The zero-order chi connectivity index (χ0) is 11.1. The van der Waals surface area contributed by atoms with E-state index in [1.54, 1.807) is 0 Å². The number of nitrogens with one attached hydrogen (secondary N) is 2. The summed E-state index contributed by atoms with van der Waals surface area (Å²) in [4.78, 5) is 11.9. The van der Waals surface area contributed by atoms with Crippen molar-refractivity contribution in [1.82, 2.24) is 10.6 Å². The molecule has 3 rings (SSSR count). The second-order valence-electron chi connectivity index (χ2n) is 5.54. The molecule has 3 N–H and O–H groups in total. The summed E-state index contributed by atoms with van der Waals surface area (Å²) in [7, 11) is 0. The van der Waals surface area contributed by atoms with Gasteiger partial charge in [-0.1, -0.05) is 0 Å². The standard InChI is InChI=1S/C12H20N2O2/c15-11(7-1-2-7)6-13-12(16)9-5-8-3-4-10(9)14-8/h7-11,14-15H,1-6H2,(H,13,16). The van der Waals surface area contributed by atoms with Crippen molar-refractivity contribution in [3.8, 4) is 0 Å². The minimum atomic E-state index is -0.324. The first-order chi connectivity index (χ1) is 7.74. The maximum absolute atomic E-state index is 11.9. The first kappa shape index (κ1) is 10.5. The van der Waals surface area contributed by atoms with Crippen LogP contribution in [0, 0.1) is 11.8 Å². The number of aliphatic hydroxyl groups is 1. The summed E-state index contributed by atoms with van der Waals surface area (Å²) in [6.45, 7) is 0.442. The zero-order valence-electron chi connectivity index (χ0n) is 9.48. The second-order valence-corrected chi connectivity index (χ2v) is 5.54. The van der Waals surface area contributed by atoms with E-state index in [-0.39, 0.29) is 17.9 Å². The minimum absolute atomic E-state index is 0.138. The number of hydrogen-bond acceptors (Lipinski definition) is 3. The molecule has 1 saturated carbocycles. The van der Waals surface area contributed by atoms with Crippen LogP contribution in [0.25, 0.3) is 0 Å². The van der Waals surface area contributed by atoms with Gasteiger partial charge >= 0.3 is 0 Å². The Morgan fingerprint density at radius 3 is 2.75 bits per heavy atom. The maximum atomic E-state index is 11.9. The molecule has 3 aliphatic rings. The molecule has 1 aliphatic carbocycles. The van der Waals surface area contributed by atoms with Gasteiger partial charge in [0.15, 0.2) is 0 Å². The lowest BCUT2D eigenvalue weighted by Crippen LogP contribution is -2.41. The van der Waals surface area contributed by atoms with Crippen LogP contribution in [-0.4, -0.2) is 35.7 Å². The van der Waals surface area contributed by atoms with E-state index in [0.29, 0.717) is 24.5 Å². The zero-order valence-corrected chi connectivity index (χ0v) is 9.48. The van der Waals surface area contributed by atoms with Crippen LogP contribution in [0.15, 0.2) is 0 Å². The van der Waals surface area contributed by atoms with Crippen molar-refractivity contribution in [2.75, 3.05) is 6.54 Å². The largest absolute Gasteiger partial charge is 0.391 e. The van der Waals surface area contributed by atoms with Crippen molar-refractivity contribution < 1.29 is 9.90 Å². The Labute approximate surface area is 95.8 Å². The first-order valence-electron chi connectivity index (χ1n) is 6.46. The normalized spacial score (nSPS) is 38.7. The molecule has 2 bridgehead atoms. The molecule has 4 atom stereocenters. The molecular formula is C12H20N2O2. The topological polar surface area (TPSA) is 61.4 Å². The van der Waals surface area contributed by atoms with Crippen LogP contribution >= 0.6 is 0 Å². The third kappa shape index (κ3) is 1.96. The lowest BCUT2D eigenvalue weighted by molar-refractivity contribution is -0.126. The molecule has 0 aromatic carbocycles. The summed E-state index contributed by atoms with van der Waals surface area (Å²) >= 11 is 0. The molecule has 0 spiro atoms. The van der Waals surface area contributed by atoms with Gasteiger partial charge in [-0.25, -0.2) is 0 Å². The first-order valence-corrected chi connectivity index (χ1v) is 6.46. The van der Waals surface area contributed by atoms with Crippen LogP contribution < -0.4 is 10.6 Å². The van der Waals surface area contributed by atoms with Crippen LogP contribution in [0.3, 0.4) is 0 Å². The SMILES string of the molecule is O=C(NCC(O)C1CC1)C1CC2CCC1N2. The molecule has 3 fully saturated rings. The second kappa shape index (κ2) is 4.00. The molecule has 2 heterocycles. The third-order valence-electron chi connectivity index (χ3n) is 4.29. The van der Waals surface area contributed by atoms with Gasteiger partial charge in [0, 0.05) is 18.6 Å². The van der Waals surface area contributed by atoms with E-state index in [2.05, 4.69) is 10.6 Å². The molecule has 90 valence electrons. The Morgan fingerprint density at radius 2 is 2.19 bits per heavy atom. The van der Waals surface area contributed by atoms with Crippen molar-refractivity contribution in [3.05, 3.63) is 0 Å². The average Bonchev–Trinajstić information content (AvgIpc) is 2.94. The molecule has 4 heteroatoms. The van der Waals surface area contributed by atoms with E-state index in [9.17, 15) is 9.90 Å². The fourth-order valence-electron chi connectivity index (χ4n) is 3.10. The molecule has 1 amide bonds. The number of carbonyl (C=O) groups excluding carboxylic acids is 1. The van der Waals surface area contributed by atoms with Crippen molar-refractivity contribution in [1.29, 1.82) is 0 Å². The van der Waals surface area contributed by atoms with E-state index in [4.69, 9.17) is 0 Å². The van der Waals surface area contributed by atoms with Gasteiger partial charge in [-0.15, -0.1) is 0 Å². The van der Waals surface area contributed by atoms with Crippen LogP contribution in [0.5, 0.6) is 0 Å². The van der Waals surface area contributed by atoms with Gasteiger partial charge in [-0.05, 0) is 38.0 Å². The van der Waals surface area contributed by atoms with Gasteiger partial charge in [0.05, 0.1) is 12.0 Å². The predicted octanol–water partition coefficient (Wildman–Crippen LogP) is 0.0140. The Bertz CT molecular complexity index is 291. The Kier molecular flexibility index (Phi) is 2.64. The van der Waals surface area contributed by atoms with E-state index < -0.39 is 0 Å². The van der Waals surface area contributed by atoms with Crippen LogP contribution in [0.1, 0.15) is 32.1 Å². The number of aliphatic hydroxyl groups excluding tert-OH is 1. The smallest absolute Gasteiger partial charge is 0.224 e. The van der Waals surface area contributed by atoms with Crippen LogP contribution in [0.4, 0.5) is 0 Å². The van der Waals surface area contributed by atoms with Crippen molar-refractivity contribution in [2.24, 2.45) is 11.8 Å². The van der Waals surface area contributed by atoms with Gasteiger partial charge < -0.3 is 15.7 Å². The number of fused-ring (bicyclic) bond motifs is 2. The molecule has 0 aromatic rings. The van der Waals surface area contributed by atoms with Crippen LogP contribution in [0.2, 0.25) is 0 Å². The third-order valence-corrected chi connectivity index (χ3v) is 4.29. The molecule has 0 aromatic heterocycles. The number of rotatable bonds is 4. The summed E-state index contributed by atoms with van der Waals surface area (Å²) in [6, 6.07) is 0.956. The van der Waals surface area contributed by atoms with E-state index in [0.717, 1.165) is 25.7 Å². The maximum Gasteiger partial charge on any atom is 0.224 e. The van der Waals surface area contributed by atoms with Gasteiger partial charge in [0.2, 0.25) is 5.91 Å². The lowest BCUT2D eigenvalue weighted by Gasteiger charge is -2.20. The highest BCUT2D eigenvalue weighted by atomic mass is 16.3. The molecule has 2 saturated heterocycles. The monoisotopic (exact) mass is 224 g/mol. The Morgan fingerprint density at radius 1 is 1.38 bits per heavy atom. The van der Waals surface area contributed by atoms with Crippen molar-refractivity contribution in [2.45, 2.75) is 50.3 Å². The van der Waals surface area contributed by atoms with E-state index in [1.807, 2.05) is 0 Å². The summed E-state index contributed by atoms with van der Waals surface area (Å²) in [5.41, 5.74) is 0. The highest BCUT2D eigenvalue weighted by Crippen LogP contribution is 2.34. The van der Waals surface area contributed by atoms with Gasteiger partial charge in [-0.2, -0.15) is 0 Å². The van der Waals surface area contributed by atoms with Gasteiger partial charge in [0.25, 0.3) is 0 Å². The van der Waals surface area contributed by atoms with E-state index >= 15 is 0 Å². The number of hydrogen-bond donors (Lipinski definition) is 3. The molecule has 4 unspecified atom stereocenters. The Balaban J connectivity index is 1.46. The number of carbonyl (C=O) groups is 1. The molecule has 4 nitrogen and oxygen atoms in total. The summed E-state index contributed by atoms with van der Waals surface area (Å²) in [6.07, 6.45) is 5.25. The summed E-state index contributed by atoms with van der Waals surface area (Å²) in [5, 5.41) is 16.0. The Hall–Kier alpha value is -0.610. The summed E-state index contributed by atoms with van der Waals surface area (Å²) < 4.78 is 0. The minimum Gasteiger partial charge on any atom is -0.391 e. The fraction of sp³-hybridized carbons (Fsp3) is 0.917. The highest BCUT2D eigenvalue weighted by Gasteiger charge is 2.42. The average molecular weight is 224 g/mol. The quantitative estimate of drug-likeness (QED) is 0.630. The molecule has 2 aliphatic heterocycles. The van der Waals surface area contributed by atoms with Gasteiger partial charge in [-0.3, -0.25) is 4.79 Å². The highest BCUT2D eigenvalue weighted by molar-refractivity contribution is 5.80. The predicted molar refractivity (Wildman–Crippen MR) is 59.8 cm³/mol. The number of amides is 1. The van der Waals surface area contributed by atoms with Crippen molar-refractivity contribution in [3.63, 3.8) is 0 Å². The van der Waals surface area contributed by atoms with Crippen molar-refractivity contribution >= 4 is 5.91 Å². The molecule has 16 heavy (non-hydrogen) atoms. The van der Waals surface area contributed by atoms with Crippen LogP contribution in [-0.2, 0) is 4.79 Å². The lowest BCUT2D eigenvalue weighted by atomic mass is 9.88. The fourth-order valence-corrected chi connectivity index (χ4v) is 3.10.